The van der Waals surface area contributed by atoms with Gasteiger partial charge < -0.3 is 0 Å². The predicted octanol–water partition coefficient (Wildman–Crippen LogP) is 2.88. The van der Waals surface area contributed by atoms with E-state index in [4.69, 9.17) is 0 Å². The van der Waals surface area contributed by atoms with E-state index in [1.165, 1.54) is 24.3 Å². The Morgan fingerprint density at radius 2 is 1.41 bits per heavy atom. The van der Waals surface area contributed by atoms with Crippen molar-refractivity contribution in [3.05, 3.63) is 60.2 Å². The van der Waals surface area contributed by atoms with Crippen molar-refractivity contribution in [1.29, 1.82) is 0 Å². The van der Waals surface area contributed by atoms with Crippen LogP contribution in [0.5, 0.6) is 0 Å². The lowest BCUT2D eigenvalue weighted by atomic mass is 9.96. The van der Waals surface area contributed by atoms with Crippen LogP contribution < -0.4 is 9.44 Å². The quantitative estimate of drug-likeness (QED) is 0.579. The van der Waals surface area contributed by atoms with Crippen molar-refractivity contribution >= 4 is 20.0 Å². The molecule has 1 saturated heterocycles. The molecular formula is C23H31N3O4S2. The van der Waals surface area contributed by atoms with Crippen LogP contribution in [-0.4, -0.2) is 47.4 Å². The molecule has 1 heterocycles. The van der Waals surface area contributed by atoms with Crippen molar-refractivity contribution in [1.82, 2.24) is 14.3 Å². The van der Waals surface area contributed by atoms with Gasteiger partial charge in [0.2, 0.25) is 20.0 Å². The molecular weight excluding hydrogens is 446 g/mol. The standard InChI is InChI=1S/C23H31N3O4S2/c1-18-13-15-26(16-14-18)23(19-5-3-2-4-6-19)17-24-31(27,28)21-9-11-22(12-10-21)32(29,30)25-20-7-8-20/h2-6,9-12,18,20,23-25H,7-8,13-17H2,1H3. The van der Waals surface area contributed by atoms with Gasteiger partial charge in [-0.25, -0.2) is 26.3 Å². The van der Waals surface area contributed by atoms with Crippen molar-refractivity contribution in [2.45, 2.75) is 54.5 Å². The van der Waals surface area contributed by atoms with Crippen molar-refractivity contribution in [3.63, 3.8) is 0 Å². The first-order valence-corrected chi connectivity index (χ1v) is 14.1. The van der Waals surface area contributed by atoms with E-state index >= 15 is 0 Å². The van der Waals surface area contributed by atoms with Crippen LogP contribution in [0.15, 0.2) is 64.4 Å². The van der Waals surface area contributed by atoms with Gasteiger partial charge in [0.25, 0.3) is 0 Å². The molecule has 2 N–H and O–H groups in total. The minimum Gasteiger partial charge on any atom is -0.295 e. The fourth-order valence-electron chi connectivity index (χ4n) is 4.03. The molecule has 2 aromatic rings. The van der Waals surface area contributed by atoms with Crippen molar-refractivity contribution < 1.29 is 16.8 Å². The minimum atomic E-state index is -3.78. The highest BCUT2D eigenvalue weighted by atomic mass is 32.2. The summed E-state index contributed by atoms with van der Waals surface area (Å²) in [5, 5.41) is 0. The van der Waals surface area contributed by atoms with Gasteiger partial charge in [0.05, 0.1) is 9.79 Å². The van der Waals surface area contributed by atoms with E-state index in [2.05, 4.69) is 21.3 Å². The highest BCUT2D eigenvalue weighted by Gasteiger charge is 2.29. The van der Waals surface area contributed by atoms with E-state index in [9.17, 15) is 16.8 Å². The molecule has 2 fully saturated rings. The highest BCUT2D eigenvalue weighted by Crippen LogP contribution is 2.27. The number of hydrogen-bond donors (Lipinski definition) is 2. The zero-order chi connectivity index (χ0) is 22.8. The van der Waals surface area contributed by atoms with Gasteiger partial charge in [-0.2, -0.15) is 0 Å². The number of benzene rings is 2. The summed E-state index contributed by atoms with van der Waals surface area (Å²) in [4.78, 5) is 2.48. The van der Waals surface area contributed by atoms with Gasteiger partial charge in [0, 0.05) is 18.6 Å². The topological polar surface area (TPSA) is 95.6 Å². The molecule has 174 valence electrons. The predicted molar refractivity (Wildman–Crippen MR) is 124 cm³/mol. The second-order valence-electron chi connectivity index (χ2n) is 8.86. The Hall–Kier alpha value is -1.78. The summed E-state index contributed by atoms with van der Waals surface area (Å²) in [6.07, 6.45) is 3.88. The average molecular weight is 478 g/mol. The smallest absolute Gasteiger partial charge is 0.240 e. The molecule has 9 heteroatoms. The summed E-state index contributed by atoms with van der Waals surface area (Å²) in [6, 6.07) is 15.3. The summed E-state index contributed by atoms with van der Waals surface area (Å²) in [6.45, 7) is 4.37. The maximum atomic E-state index is 13.0. The Balaban J connectivity index is 1.47. The summed E-state index contributed by atoms with van der Waals surface area (Å²) in [7, 11) is -7.39. The number of nitrogens with zero attached hydrogens (tertiary/aromatic N) is 1. The zero-order valence-corrected chi connectivity index (χ0v) is 19.9. The van der Waals surface area contributed by atoms with E-state index in [0.717, 1.165) is 44.3 Å². The maximum Gasteiger partial charge on any atom is 0.240 e. The first-order valence-electron chi connectivity index (χ1n) is 11.2. The lowest BCUT2D eigenvalue weighted by molar-refractivity contribution is 0.139. The van der Waals surface area contributed by atoms with Gasteiger partial charge in [-0.15, -0.1) is 0 Å². The maximum absolute atomic E-state index is 13.0. The Morgan fingerprint density at radius 1 is 0.844 bits per heavy atom. The molecule has 1 aliphatic heterocycles. The molecule has 2 aromatic carbocycles. The van der Waals surface area contributed by atoms with Crippen molar-refractivity contribution in [2.75, 3.05) is 19.6 Å². The third-order valence-electron chi connectivity index (χ3n) is 6.25. The van der Waals surface area contributed by atoms with Crippen LogP contribution in [0.2, 0.25) is 0 Å². The lowest BCUT2D eigenvalue weighted by Gasteiger charge is -2.37. The van der Waals surface area contributed by atoms with Gasteiger partial charge >= 0.3 is 0 Å². The molecule has 1 atom stereocenters. The second-order valence-corrected chi connectivity index (χ2v) is 12.3. The first-order chi connectivity index (χ1) is 15.2. The van der Waals surface area contributed by atoms with Crippen molar-refractivity contribution in [2.24, 2.45) is 5.92 Å². The van der Waals surface area contributed by atoms with E-state index in [1.54, 1.807) is 0 Å². The number of rotatable bonds is 9. The molecule has 0 aromatic heterocycles. The lowest BCUT2D eigenvalue weighted by Crippen LogP contribution is -2.41. The van der Waals surface area contributed by atoms with Gasteiger partial charge in [0.1, 0.15) is 0 Å². The third kappa shape index (κ3) is 5.77. The van der Waals surface area contributed by atoms with Crippen LogP contribution in [0.3, 0.4) is 0 Å². The summed E-state index contributed by atoms with van der Waals surface area (Å²) in [5.74, 6) is 0.684. The zero-order valence-electron chi connectivity index (χ0n) is 18.3. The SMILES string of the molecule is CC1CCN(C(CNS(=O)(=O)c2ccc(S(=O)(=O)NC3CC3)cc2)c2ccccc2)CC1. The van der Waals surface area contributed by atoms with Gasteiger partial charge in [-0.3, -0.25) is 4.90 Å². The largest absolute Gasteiger partial charge is 0.295 e. The Morgan fingerprint density at radius 3 is 1.97 bits per heavy atom. The van der Waals surface area contributed by atoms with Crippen LogP contribution >= 0.6 is 0 Å². The normalized spacial score (nSPS) is 19.7. The van der Waals surface area contributed by atoms with Crippen LogP contribution in [0.1, 0.15) is 44.2 Å². The number of hydrogen-bond acceptors (Lipinski definition) is 5. The Labute approximate surface area is 191 Å². The van der Waals surface area contributed by atoms with E-state index in [-0.39, 0.29) is 28.4 Å². The first kappa shape index (κ1) is 23.4. The van der Waals surface area contributed by atoms with Crippen LogP contribution in [0, 0.1) is 5.92 Å². The second kappa shape index (κ2) is 9.61. The Kier molecular flexibility index (Phi) is 7.02. The molecule has 32 heavy (non-hydrogen) atoms. The van der Waals surface area contributed by atoms with Crippen LogP contribution in [0.25, 0.3) is 0 Å². The number of sulfonamides is 2. The van der Waals surface area contributed by atoms with Gasteiger partial charge in [0.15, 0.2) is 0 Å². The minimum absolute atomic E-state index is 0.00206. The van der Waals surface area contributed by atoms with E-state index in [1.807, 2.05) is 30.3 Å². The van der Waals surface area contributed by atoms with Gasteiger partial charge in [-0.05, 0) is 74.5 Å². The molecule has 1 saturated carbocycles. The summed E-state index contributed by atoms with van der Waals surface area (Å²) < 4.78 is 55.9. The molecule has 7 nitrogen and oxygen atoms in total. The summed E-state index contributed by atoms with van der Waals surface area (Å²) in [5.41, 5.74) is 1.08. The number of likely N-dealkylation sites (tertiary alicyclic amines) is 1. The molecule has 2 aliphatic rings. The molecule has 1 unspecified atom stereocenters. The van der Waals surface area contributed by atoms with Gasteiger partial charge in [-0.1, -0.05) is 37.3 Å². The van der Waals surface area contributed by atoms with E-state index < -0.39 is 20.0 Å². The van der Waals surface area contributed by atoms with Crippen LogP contribution in [0.4, 0.5) is 0 Å². The highest BCUT2D eigenvalue weighted by molar-refractivity contribution is 7.90. The summed E-state index contributed by atoms with van der Waals surface area (Å²) >= 11 is 0. The number of piperidine rings is 1. The molecule has 0 bridgehead atoms. The van der Waals surface area contributed by atoms with Crippen LogP contribution in [-0.2, 0) is 20.0 Å². The molecule has 4 rings (SSSR count). The third-order valence-corrected chi connectivity index (χ3v) is 9.23. The monoisotopic (exact) mass is 477 g/mol. The molecule has 0 amide bonds. The molecule has 0 spiro atoms. The molecule has 1 aliphatic carbocycles. The number of nitrogens with one attached hydrogen (secondary N) is 2. The molecule has 0 radical (unpaired) electrons. The van der Waals surface area contributed by atoms with E-state index in [0.29, 0.717) is 5.92 Å². The Bertz CT molecular complexity index is 1110. The fourth-order valence-corrected chi connectivity index (χ4v) is 6.38. The average Bonchev–Trinajstić information content (AvgIpc) is 3.59. The fraction of sp³-hybridized carbons (Fsp3) is 0.478. The van der Waals surface area contributed by atoms with Crippen molar-refractivity contribution in [3.8, 4) is 0 Å².